The molecule has 0 saturated carbocycles. The number of hydrogen-bond donors (Lipinski definition) is 1. The number of ether oxygens (including phenoxy) is 2. The molecule has 3 aromatic rings. The molecule has 0 fully saturated rings. The summed E-state index contributed by atoms with van der Waals surface area (Å²) >= 11 is 1.58. The molecule has 0 aliphatic rings. The lowest BCUT2D eigenvalue weighted by Gasteiger charge is -2.18. The summed E-state index contributed by atoms with van der Waals surface area (Å²) in [5, 5.41) is 6.76. The zero-order valence-electron chi connectivity index (χ0n) is 15.5. The van der Waals surface area contributed by atoms with Crippen LogP contribution in [0.2, 0.25) is 0 Å². The van der Waals surface area contributed by atoms with Gasteiger partial charge in [0.05, 0.1) is 7.11 Å². The van der Waals surface area contributed by atoms with Crippen molar-refractivity contribution in [3.8, 4) is 5.75 Å². The Balaban J connectivity index is 1.71. The van der Waals surface area contributed by atoms with Gasteiger partial charge in [0.15, 0.2) is 0 Å². The molecule has 0 spiro atoms. The molecule has 1 amide bonds. The minimum atomic E-state index is -1.03. The van der Waals surface area contributed by atoms with E-state index in [-0.39, 0.29) is 6.42 Å². The van der Waals surface area contributed by atoms with Gasteiger partial charge in [-0.25, -0.2) is 0 Å². The molecule has 0 saturated heterocycles. The summed E-state index contributed by atoms with van der Waals surface area (Å²) in [7, 11) is 1.56. The van der Waals surface area contributed by atoms with E-state index >= 15 is 0 Å². The van der Waals surface area contributed by atoms with E-state index in [1.807, 2.05) is 22.9 Å². The predicted molar refractivity (Wildman–Crippen MR) is 110 cm³/mol. The second-order valence-electron chi connectivity index (χ2n) is 6.13. The average Bonchev–Trinajstić information content (AvgIpc) is 3.25. The van der Waals surface area contributed by atoms with Gasteiger partial charge in [0.25, 0.3) is 5.91 Å². The average molecular weight is 395 g/mol. The Hall–Kier alpha value is -3.12. The van der Waals surface area contributed by atoms with Gasteiger partial charge in [-0.1, -0.05) is 36.4 Å². The smallest absolute Gasteiger partial charge is 0.307 e. The quantitative estimate of drug-likeness (QED) is 0.566. The summed E-state index contributed by atoms with van der Waals surface area (Å²) in [6.07, 6.45) is -0.226. The second kappa shape index (κ2) is 9.71. The second-order valence-corrected chi connectivity index (χ2v) is 6.91. The summed E-state index contributed by atoms with van der Waals surface area (Å²) in [5.41, 5.74) is 2.27. The third kappa shape index (κ3) is 5.44. The molecular formula is C22H21NO4S. The number of nitrogens with one attached hydrogen (secondary N) is 1. The van der Waals surface area contributed by atoms with Crippen LogP contribution in [-0.2, 0) is 20.7 Å². The van der Waals surface area contributed by atoms with Crippen LogP contribution in [0.25, 0.3) is 0 Å². The molecule has 1 N–H and O–H groups in total. The number of esters is 1. The lowest BCUT2D eigenvalue weighted by Crippen LogP contribution is -2.26. The Kier molecular flexibility index (Phi) is 6.81. The predicted octanol–water partition coefficient (Wildman–Crippen LogP) is 4.61. The van der Waals surface area contributed by atoms with Crippen LogP contribution < -0.4 is 10.1 Å². The fourth-order valence-electron chi connectivity index (χ4n) is 2.68. The molecule has 1 atom stereocenters. The van der Waals surface area contributed by atoms with Gasteiger partial charge in [-0.3, -0.25) is 9.59 Å². The van der Waals surface area contributed by atoms with Crippen LogP contribution in [0.5, 0.6) is 5.75 Å². The number of benzene rings is 2. The van der Waals surface area contributed by atoms with E-state index in [1.54, 1.807) is 67.0 Å². The highest BCUT2D eigenvalue weighted by Gasteiger charge is 2.25. The molecule has 28 heavy (non-hydrogen) atoms. The highest BCUT2D eigenvalue weighted by molar-refractivity contribution is 7.07. The number of carbonyl (C=O) groups is 2. The Labute approximate surface area is 167 Å². The SMILES string of the molecule is COc1cccc(NC(=O)[C@@H](OC(=O)CCc2ccsc2)c2ccccc2)c1. The van der Waals surface area contributed by atoms with E-state index in [0.717, 1.165) is 5.56 Å². The first-order valence-corrected chi connectivity index (χ1v) is 9.80. The summed E-state index contributed by atoms with van der Waals surface area (Å²) in [5.74, 6) is -0.203. The van der Waals surface area contributed by atoms with Crippen molar-refractivity contribution in [2.75, 3.05) is 12.4 Å². The first kappa shape index (κ1) is 19.6. The lowest BCUT2D eigenvalue weighted by molar-refractivity contribution is -0.154. The van der Waals surface area contributed by atoms with Gasteiger partial charge in [-0.2, -0.15) is 11.3 Å². The van der Waals surface area contributed by atoms with Crippen molar-refractivity contribution in [2.24, 2.45) is 0 Å². The van der Waals surface area contributed by atoms with Gasteiger partial charge in [0.1, 0.15) is 5.75 Å². The number of amides is 1. The molecule has 0 aliphatic heterocycles. The number of thiophene rings is 1. The maximum absolute atomic E-state index is 12.9. The number of aryl methyl sites for hydroxylation is 1. The molecule has 1 aromatic heterocycles. The Morgan fingerprint density at radius 2 is 1.89 bits per heavy atom. The zero-order valence-corrected chi connectivity index (χ0v) is 16.3. The molecule has 0 aliphatic carbocycles. The van der Waals surface area contributed by atoms with Crippen LogP contribution in [0.4, 0.5) is 5.69 Å². The van der Waals surface area contributed by atoms with Crippen molar-refractivity contribution in [1.82, 2.24) is 0 Å². The number of methoxy groups -OCH3 is 1. The number of anilines is 1. The zero-order chi connectivity index (χ0) is 19.8. The molecule has 2 aromatic carbocycles. The third-order valence-corrected chi connectivity index (χ3v) is 4.86. The fraction of sp³-hybridized carbons (Fsp3) is 0.182. The summed E-state index contributed by atoms with van der Waals surface area (Å²) in [6, 6.07) is 18.0. The topological polar surface area (TPSA) is 64.6 Å². The van der Waals surface area contributed by atoms with E-state index < -0.39 is 18.0 Å². The van der Waals surface area contributed by atoms with E-state index in [9.17, 15) is 9.59 Å². The molecule has 144 valence electrons. The first-order valence-electron chi connectivity index (χ1n) is 8.86. The molecular weight excluding hydrogens is 374 g/mol. The van der Waals surface area contributed by atoms with Crippen LogP contribution in [-0.4, -0.2) is 19.0 Å². The molecule has 5 nitrogen and oxygen atoms in total. The van der Waals surface area contributed by atoms with Gasteiger partial charge in [0, 0.05) is 23.7 Å². The number of carbonyl (C=O) groups excluding carboxylic acids is 2. The van der Waals surface area contributed by atoms with Crippen molar-refractivity contribution in [3.63, 3.8) is 0 Å². The van der Waals surface area contributed by atoms with E-state index in [2.05, 4.69) is 5.32 Å². The molecule has 0 bridgehead atoms. The molecule has 3 rings (SSSR count). The Bertz CT molecular complexity index is 909. The van der Waals surface area contributed by atoms with Crippen LogP contribution in [0, 0.1) is 0 Å². The maximum atomic E-state index is 12.9. The largest absolute Gasteiger partial charge is 0.497 e. The summed E-state index contributed by atoms with van der Waals surface area (Å²) in [4.78, 5) is 25.2. The van der Waals surface area contributed by atoms with E-state index in [1.165, 1.54) is 0 Å². The highest BCUT2D eigenvalue weighted by atomic mass is 32.1. The van der Waals surface area contributed by atoms with Crippen LogP contribution in [0.1, 0.15) is 23.7 Å². The minimum Gasteiger partial charge on any atom is -0.497 e. The van der Waals surface area contributed by atoms with Crippen LogP contribution in [0.15, 0.2) is 71.4 Å². The lowest BCUT2D eigenvalue weighted by atomic mass is 10.1. The van der Waals surface area contributed by atoms with Crippen molar-refractivity contribution < 1.29 is 19.1 Å². The van der Waals surface area contributed by atoms with E-state index in [0.29, 0.717) is 23.4 Å². The molecule has 6 heteroatoms. The number of rotatable bonds is 8. The van der Waals surface area contributed by atoms with Crippen molar-refractivity contribution >= 4 is 28.9 Å². The molecule has 0 unspecified atom stereocenters. The van der Waals surface area contributed by atoms with Crippen LogP contribution in [0.3, 0.4) is 0 Å². The van der Waals surface area contributed by atoms with Gasteiger partial charge >= 0.3 is 5.97 Å². The third-order valence-electron chi connectivity index (χ3n) is 4.12. The van der Waals surface area contributed by atoms with Crippen molar-refractivity contribution in [3.05, 3.63) is 82.6 Å². The van der Waals surface area contributed by atoms with Gasteiger partial charge in [-0.05, 0) is 40.9 Å². The number of hydrogen-bond acceptors (Lipinski definition) is 5. The van der Waals surface area contributed by atoms with Crippen LogP contribution >= 0.6 is 11.3 Å². The summed E-state index contributed by atoms with van der Waals surface area (Å²) in [6.45, 7) is 0. The van der Waals surface area contributed by atoms with Gasteiger partial charge in [0.2, 0.25) is 6.10 Å². The Morgan fingerprint density at radius 3 is 2.61 bits per heavy atom. The first-order chi connectivity index (χ1) is 13.7. The summed E-state index contributed by atoms with van der Waals surface area (Å²) < 4.78 is 10.7. The van der Waals surface area contributed by atoms with E-state index in [4.69, 9.17) is 9.47 Å². The molecule has 0 radical (unpaired) electrons. The Morgan fingerprint density at radius 1 is 1.07 bits per heavy atom. The normalized spacial score (nSPS) is 11.5. The molecule has 1 heterocycles. The standard InChI is InChI=1S/C22H21NO4S/c1-26-19-9-5-8-18(14-19)23-22(25)21(17-6-3-2-4-7-17)27-20(24)11-10-16-12-13-28-15-16/h2-9,12-15,21H,10-11H2,1H3,(H,23,25)/t21-/m0/s1. The highest BCUT2D eigenvalue weighted by Crippen LogP contribution is 2.23. The minimum absolute atomic E-state index is 0.215. The monoisotopic (exact) mass is 395 g/mol. The van der Waals surface area contributed by atoms with Crippen molar-refractivity contribution in [1.29, 1.82) is 0 Å². The van der Waals surface area contributed by atoms with Gasteiger partial charge in [-0.15, -0.1) is 0 Å². The maximum Gasteiger partial charge on any atom is 0.307 e. The fourth-order valence-corrected chi connectivity index (χ4v) is 3.38. The van der Waals surface area contributed by atoms with Crippen molar-refractivity contribution in [2.45, 2.75) is 18.9 Å². The van der Waals surface area contributed by atoms with Gasteiger partial charge < -0.3 is 14.8 Å².